The van der Waals surface area contributed by atoms with Crippen molar-refractivity contribution < 1.29 is 0 Å². The fraction of sp³-hybridized carbons (Fsp3) is 0.571. The third-order valence-electron chi connectivity index (χ3n) is 4.12. The monoisotopic (exact) mass is 369 g/mol. The van der Waals surface area contributed by atoms with E-state index in [0.29, 0.717) is 6.54 Å². The molecule has 0 aliphatic carbocycles. The van der Waals surface area contributed by atoms with E-state index in [2.05, 4.69) is 55.9 Å². The van der Waals surface area contributed by atoms with Gasteiger partial charge in [0.05, 0.1) is 8.66 Å². The number of halogens is 1. The Morgan fingerprint density at radius 1 is 1.57 bits per heavy atom. The first-order chi connectivity index (χ1) is 10.0. The van der Waals surface area contributed by atoms with Gasteiger partial charge in [-0.05, 0) is 59.3 Å². The molecule has 0 aromatic carbocycles. The van der Waals surface area contributed by atoms with E-state index in [0.717, 1.165) is 39.9 Å². The lowest BCUT2D eigenvalue weighted by Crippen LogP contribution is -2.46. The molecule has 3 rings (SSSR count). The van der Waals surface area contributed by atoms with Crippen LogP contribution in [0.25, 0.3) is 10.7 Å². The topological polar surface area (TPSA) is 70.8 Å². The van der Waals surface area contributed by atoms with Crippen LogP contribution >= 0.6 is 27.3 Å². The van der Waals surface area contributed by atoms with Gasteiger partial charge >= 0.3 is 0 Å². The van der Waals surface area contributed by atoms with Gasteiger partial charge in [0.2, 0.25) is 5.95 Å². The van der Waals surface area contributed by atoms with E-state index in [1.54, 1.807) is 11.3 Å². The number of nitrogens with one attached hydrogen (secondary N) is 1. The number of piperidine rings is 1. The Balaban J connectivity index is 1.81. The maximum Gasteiger partial charge on any atom is 0.245 e. The van der Waals surface area contributed by atoms with E-state index in [4.69, 9.17) is 5.73 Å². The lowest BCUT2D eigenvalue weighted by atomic mass is 9.82. The van der Waals surface area contributed by atoms with E-state index in [1.807, 2.05) is 0 Å². The second-order valence-electron chi connectivity index (χ2n) is 6.09. The zero-order valence-electron chi connectivity index (χ0n) is 12.3. The summed E-state index contributed by atoms with van der Waals surface area (Å²) in [6, 6.07) is 2.12. The fourth-order valence-corrected chi connectivity index (χ4v) is 4.21. The van der Waals surface area contributed by atoms with Crippen LogP contribution in [-0.4, -0.2) is 34.8 Å². The van der Waals surface area contributed by atoms with Gasteiger partial charge in [0, 0.05) is 13.1 Å². The van der Waals surface area contributed by atoms with Crippen molar-refractivity contribution in [2.45, 2.75) is 26.7 Å². The number of hydrogen-bond donors (Lipinski definition) is 2. The van der Waals surface area contributed by atoms with Crippen LogP contribution in [0, 0.1) is 12.3 Å². The molecule has 5 nitrogen and oxygen atoms in total. The first-order valence-corrected chi connectivity index (χ1v) is 8.75. The van der Waals surface area contributed by atoms with Crippen LogP contribution in [-0.2, 0) is 0 Å². The highest BCUT2D eigenvalue weighted by Crippen LogP contribution is 2.34. The molecule has 1 saturated heterocycles. The van der Waals surface area contributed by atoms with E-state index < -0.39 is 0 Å². The second kappa shape index (κ2) is 5.70. The standard InChI is InChI=1S/C14H20BrN5S/c1-9-6-10(21-11(9)15)12-17-13(19-18-12)20-5-3-4-14(2,7-16)8-20/h6H,3-5,7-8,16H2,1-2H3,(H,17,18,19). The fourth-order valence-electron chi connectivity index (χ4n) is 2.73. The maximum absolute atomic E-state index is 5.91. The van der Waals surface area contributed by atoms with Crippen molar-refractivity contribution in [1.82, 2.24) is 15.2 Å². The molecule has 21 heavy (non-hydrogen) atoms. The van der Waals surface area contributed by atoms with Crippen molar-refractivity contribution in [2.75, 3.05) is 24.5 Å². The van der Waals surface area contributed by atoms with Crippen LogP contribution < -0.4 is 10.6 Å². The zero-order chi connectivity index (χ0) is 15.0. The van der Waals surface area contributed by atoms with E-state index in [1.165, 1.54) is 12.0 Å². The number of aromatic nitrogens is 3. The first-order valence-electron chi connectivity index (χ1n) is 7.14. The summed E-state index contributed by atoms with van der Waals surface area (Å²) in [6.45, 7) is 6.96. The van der Waals surface area contributed by atoms with Crippen molar-refractivity contribution in [2.24, 2.45) is 11.1 Å². The maximum atomic E-state index is 5.91. The minimum absolute atomic E-state index is 0.168. The lowest BCUT2D eigenvalue weighted by molar-refractivity contribution is 0.270. The molecule has 1 aliphatic rings. The summed E-state index contributed by atoms with van der Waals surface area (Å²) in [7, 11) is 0. The second-order valence-corrected chi connectivity index (χ2v) is 8.46. The van der Waals surface area contributed by atoms with Crippen LogP contribution in [0.5, 0.6) is 0 Å². The van der Waals surface area contributed by atoms with Gasteiger partial charge in [-0.2, -0.15) is 4.98 Å². The Kier molecular flexibility index (Phi) is 4.07. The molecular weight excluding hydrogens is 350 g/mol. The van der Waals surface area contributed by atoms with Crippen LogP contribution in [0.2, 0.25) is 0 Å². The van der Waals surface area contributed by atoms with Crippen LogP contribution in [0.3, 0.4) is 0 Å². The predicted molar refractivity (Wildman–Crippen MR) is 90.7 cm³/mol. The third-order valence-corrected chi connectivity index (χ3v) is 6.26. The molecule has 0 radical (unpaired) electrons. The van der Waals surface area contributed by atoms with Crippen molar-refractivity contribution in [3.05, 3.63) is 15.4 Å². The number of anilines is 1. The van der Waals surface area contributed by atoms with Gasteiger partial charge in [0.1, 0.15) is 0 Å². The summed E-state index contributed by atoms with van der Waals surface area (Å²) in [5.41, 5.74) is 7.31. The Labute approximate surface area is 137 Å². The molecular formula is C14H20BrN5S. The van der Waals surface area contributed by atoms with Gasteiger partial charge in [-0.1, -0.05) is 6.92 Å². The van der Waals surface area contributed by atoms with Gasteiger partial charge in [0.25, 0.3) is 0 Å². The average molecular weight is 370 g/mol. The first kappa shape index (κ1) is 15.0. The largest absolute Gasteiger partial charge is 0.339 e. The van der Waals surface area contributed by atoms with Gasteiger partial charge in [-0.3, -0.25) is 5.10 Å². The molecule has 114 valence electrons. The Bertz CT molecular complexity index is 618. The van der Waals surface area contributed by atoms with Crippen molar-refractivity contribution >= 4 is 33.2 Å². The SMILES string of the molecule is Cc1cc(-c2nc(N3CCCC(C)(CN)C3)n[nH]2)sc1Br. The molecule has 7 heteroatoms. The molecule has 3 N–H and O–H groups in total. The summed E-state index contributed by atoms with van der Waals surface area (Å²) in [5, 5.41) is 7.46. The Hall–Kier alpha value is -0.920. The molecule has 2 aromatic heterocycles. The van der Waals surface area contributed by atoms with E-state index >= 15 is 0 Å². The quantitative estimate of drug-likeness (QED) is 0.871. The zero-order valence-corrected chi connectivity index (χ0v) is 14.7. The number of aryl methyl sites for hydroxylation is 1. The minimum atomic E-state index is 0.168. The molecule has 1 unspecified atom stereocenters. The van der Waals surface area contributed by atoms with Gasteiger partial charge < -0.3 is 10.6 Å². The molecule has 0 amide bonds. The molecule has 1 atom stereocenters. The number of nitrogens with two attached hydrogens (primary N) is 1. The normalized spacial score (nSPS) is 22.8. The molecule has 0 spiro atoms. The van der Waals surface area contributed by atoms with E-state index in [-0.39, 0.29) is 5.41 Å². The predicted octanol–water partition coefficient (Wildman–Crippen LogP) is 3.17. The molecule has 2 aromatic rings. The van der Waals surface area contributed by atoms with Gasteiger partial charge in [-0.25, -0.2) is 0 Å². The van der Waals surface area contributed by atoms with Gasteiger partial charge in [-0.15, -0.1) is 16.4 Å². The highest BCUT2D eigenvalue weighted by Gasteiger charge is 2.31. The molecule has 3 heterocycles. The van der Waals surface area contributed by atoms with Crippen molar-refractivity contribution in [1.29, 1.82) is 0 Å². The number of hydrogen-bond acceptors (Lipinski definition) is 5. The van der Waals surface area contributed by atoms with Crippen LogP contribution in [0.4, 0.5) is 5.95 Å². The summed E-state index contributed by atoms with van der Waals surface area (Å²) in [5.74, 6) is 1.62. The number of rotatable bonds is 3. The van der Waals surface area contributed by atoms with Crippen LogP contribution in [0.1, 0.15) is 25.3 Å². The molecule has 0 saturated carbocycles. The summed E-state index contributed by atoms with van der Waals surface area (Å²) in [6.07, 6.45) is 2.32. The van der Waals surface area contributed by atoms with E-state index in [9.17, 15) is 0 Å². The number of H-pyrrole nitrogens is 1. The summed E-state index contributed by atoms with van der Waals surface area (Å²) >= 11 is 5.23. The lowest BCUT2D eigenvalue weighted by Gasteiger charge is -2.39. The van der Waals surface area contributed by atoms with Gasteiger partial charge in [0.15, 0.2) is 5.82 Å². The van der Waals surface area contributed by atoms with Crippen molar-refractivity contribution in [3.63, 3.8) is 0 Å². The highest BCUT2D eigenvalue weighted by atomic mass is 79.9. The summed E-state index contributed by atoms with van der Waals surface area (Å²) < 4.78 is 1.14. The average Bonchev–Trinajstić information content (AvgIpc) is 3.07. The Morgan fingerprint density at radius 3 is 3.05 bits per heavy atom. The third kappa shape index (κ3) is 3.00. The number of nitrogens with zero attached hydrogens (tertiary/aromatic N) is 3. The molecule has 0 bridgehead atoms. The number of aromatic amines is 1. The van der Waals surface area contributed by atoms with Crippen molar-refractivity contribution in [3.8, 4) is 10.7 Å². The molecule has 1 fully saturated rings. The minimum Gasteiger partial charge on any atom is -0.339 e. The van der Waals surface area contributed by atoms with Crippen LogP contribution in [0.15, 0.2) is 9.85 Å². The summed E-state index contributed by atoms with van der Waals surface area (Å²) in [4.78, 5) is 8.02. The number of thiophene rings is 1. The Morgan fingerprint density at radius 2 is 2.38 bits per heavy atom. The highest BCUT2D eigenvalue weighted by molar-refractivity contribution is 9.11. The molecule has 1 aliphatic heterocycles. The smallest absolute Gasteiger partial charge is 0.245 e.